The minimum atomic E-state index is 0. The topological polar surface area (TPSA) is 8.17 Å². The van der Waals surface area contributed by atoms with E-state index in [9.17, 15) is 0 Å². The van der Waals surface area contributed by atoms with Crippen LogP contribution >= 0.6 is 12.4 Å². The zero-order valence-electron chi connectivity index (χ0n) is 15.3. The van der Waals surface area contributed by atoms with Crippen LogP contribution in [0.3, 0.4) is 0 Å². The van der Waals surface area contributed by atoms with Crippen LogP contribution in [0, 0.1) is 0 Å². The first kappa shape index (κ1) is 17.4. The molecule has 2 aliphatic rings. The maximum Gasteiger partial charge on any atom is 0.0567 e. The molecule has 0 atom stereocenters. The van der Waals surface area contributed by atoms with Gasteiger partial charge in [0.25, 0.3) is 0 Å². The summed E-state index contributed by atoms with van der Waals surface area (Å²) in [6.07, 6.45) is 3.38. The van der Waals surface area contributed by atoms with Crippen molar-refractivity contribution in [3.8, 4) is 5.69 Å². The fraction of sp³-hybridized carbons (Fsp3) is 0.304. The van der Waals surface area contributed by atoms with Gasteiger partial charge in [-0.05, 0) is 42.5 Å². The number of fused-ring (bicyclic) bond motifs is 5. The van der Waals surface area contributed by atoms with E-state index < -0.39 is 0 Å². The van der Waals surface area contributed by atoms with Crippen molar-refractivity contribution in [2.75, 3.05) is 13.1 Å². The lowest BCUT2D eigenvalue weighted by atomic mass is 9.99. The van der Waals surface area contributed by atoms with Gasteiger partial charge in [0.1, 0.15) is 0 Å². The molecular formula is C23H25ClN2. The van der Waals surface area contributed by atoms with E-state index in [4.69, 9.17) is 0 Å². The van der Waals surface area contributed by atoms with E-state index in [0.717, 1.165) is 38.9 Å². The van der Waals surface area contributed by atoms with Crippen LogP contribution in [0.4, 0.5) is 0 Å². The summed E-state index contributed by atoms with van der Waals surface area (Å²) in [6, 6.07) is 15.9. The number of hydrogen-bond donors (Lipinski definition) is 0. The SMILES string of the molecule is C=C(C)CN1CCc2c(c3cccc4c3n2-c2ccccc2CC4)C1.Cl. The number of halogens is 1. The van der Waals surface area contributed by atoms with E-state index in [1.165, 1.54) is 44.5 Å². The second-order valence-electron chi connectivity index (χ2n) is 7.62. The number of aromatic nitrogens is 1. The first-order valence-electron chi connectivity index (χ1n) is 9.31. The molecule has 2 nitrogen and oxygen atoms in total. The fourth-order valence-corrected chi connectivity index (χ4v) is 4.72. The lowest BCUT2D eigenvalue weighted by Gasteiger charge is -2.28. The maximum atomic E-state index is 4.11. The average molecular weight is 365 g/mol. The molecule has 0 spiro atoms. The van der Waals surface area contributed by atoms with Crippen molar-refractivity contribution >= 4 is 23.3 Å². The molecule has 3 aromatic rings. The molecule has 0 fully saturated rings. The van der Waals surface area contributed by atoms with Gasteiger partial charge >= 0.3 is 0 Å². The highest BCUT2D eigenvalue weighted by Crippen LogP contribution is 2.38. The molecule has 0 radical (unpaired) electrons. The summed E-state index contributed by atoms with van der Waals surface area (Å²) >= 11 is 0. The normalized spacial score (nSPS) is 15.7. The second-order valence-corrected chi connectivity index (χ2v) is 7.62. The molecule has 0 amide bonds. The van der Waals surface area contributed by atoms with E-state index >= 15 is 0 Å². The Hall–Kier alpha value is -2.03. The van der Waals surface area contributed by atoms with Crippen LogP contribution in [0.5, 0.6) is 0 Å². The lowest BCUT2D eigenvalue weighted by Crippen LogP contribution is -2.32. The first-order valence-corrected chi connectivity index (χ1v) is 9.31. The predicted molar refractivity (Wildman–Crippen MR) is 112 cm³/mol. The van der Waals surface area contributed by atoms with Gasteiger partial charge in [0.2, 0.25) is 0 Å². The third kappa shape index (κ3) is 2.60. The molecule has 0 aliphatic carbocycles. The Bertz CT molecular complexity index is 999. The van der Waals surface area contributed by atoms with Gasteiger partial charge in [-0.25, -0.2) is 0 Å². The number of benzene rings is 2. The molecule has 0 N–H and O–H groups in total. The molecule has 0 bridgehead atoms. The fourth-order valence-electron chi connectivity index (χ4n) is 4.72. The van der Waals surface area contributed by atoms with Crippen LogP contribution in [0.2, 0.25) is 0 Å². The van der Waals surface area contributed by atoms with Crippen LogP contribution in [-0.4, -0.2) is 22.6 Å². The van der Waals surface area contributed by atoms with E-state index in [-0.39, 0.29) is 12.4 Å². The molecule has 3 heteroatoms. The average Bonchev–Trinajstić information content (AvgIpc) is 2.83. The monoisotopic (exact) mass is 364 g/mol. The molecule has 1 aromatic heterocycles. The number of rotatable bonds is 2. The van der Waals surface area contributed by atoms with E-state index in [0.29, 0.717) is 0 Å². The number of aryl methyl sites for hydroxylation is 2. The third-order valence-corrected chi connectivity index (χ3v) is 5.72. The molecule has 0 unspecified atom stereocenters. The summed E-state index contributed by atoms with van der Waals surface area (Å²) < 4.78 is 2.58. The van der Waals surface area contributed by atoms with Crippen molar-refractivity contribution in [3.05, 3.63) is 77.0 Å². The zero-order valence-corrected chi connectivity index (χ0v) is 16.1. The summed E-state index contributed by atoms with van der Waals surface area (Å²) in [4.78, 5) is 2.54. The molecule has 2 aromatic carbocycles. The standard InChI is InChI=1S/C23H24N2.ClH/c1-16(2)14-24-13-12-22-20(15-24)19-8-5-7-18-11-10-17-6-3-4-9-21(17)25(22)23(18)19;/h3-9H,1,10-15H2,2H3;1H. The van der Waals surface area contributed by atoms with Gasteiger partial charge in [-0.15, -0.1) is 12.4 Å². The zero-order chi connectivity index (χ0) is 17.0. The smallest absolute Gasteiger partial charge is 0.0567 e. The van der Waals surface area contributed by atoms with Crippen LogP contribution < -0.4 is 0 Å². The van der Waals surface area contributed by atoms with Gasteiger partial charge in [0, 0.05) is 42.8 Å². The molecule has 26 heavy (non-hydrogen) atoms. The Morgan fingerprint density at radius 2 is 1.77 bits per heavy atom. The summed E-state index contributed by atoms with van der Waals surface area (Å²) in [5.41, 5.74) is 10.1. The van der Waals surface area contributed by atoms with Crippen molar-refractivity contribution in [1.82, 2.24) is 9.47 Å². The minimum Gasteiger partial charge on any atom is -0.313 e. The lowest BCUT2D eigenvalue weighted by molar-refractivity contribution is 0.275. The molecule has 3 heterocycles. The Labute approximate surface area is 161 Å². The number of nitrogens with zero attached hydrogens (tertiary/aromatic N) is 2. The molecule has 0 saturated carbocycles. The van der Waals surface area contributed by atoms with Crippen molar-refractivity contribution in [2.45, 2.75) is 32.7 Å². The van der Waals surface area contributed by atoms with Crippen LogP contribution in [-0.2, 0) is 25.8 Å². The van der Waals surface area contributed by atoms with Gasteiger partial charge in [0.05, 0.1) is 5.52 Å². The minimum absolute atomic E-state index is 0. The predicted octanol–water partition coefficient (Wildman–Crippen LogP) is 5.09. The molecular weight excluding hydrogens is 340 g/mol. The van der Waals surface area contributed by atoms with E-state index in [1.807, 2.05) is 0 Å². The summed E-state index contributed by atoms with van der Waals surface area (Å²) in [5, 5.41) is 1.45. The number of hydrogen-bond acceptors (Lipinski definition) is 1. The third-order valence-electron chi connectivity index (χ3n) is 5.72. The van der Waals surface area contributed by atoms with Crippen molar-refractivity contribution in [3.63, 3.8) is 0 Å². The largest absolute Gasteiger partial charge is 0.313 e. The van der Waals surface area contributed by atoms with Crippen molar-refractivity contribution in [1.29, 1.82) is 0 Å². The molecule has 134 valence electrons. The van der Waals surface area contributed by atoms with E-state index in [1.54, 1.807) is 0 Å². The van der Waals surface area contributed by atoms with Gasteiger partial charge in [-0.3, -0.25) is 4.90 Å². The van der Waals surface area contributed by atoms with Gasteiger partial charge in [0.15, 0.2) is 0 Å². The Morgan fingerprint density at radius 3 is 2.62 bits per heavy atom. The van der Waals surface area contributed by atoms with Crippen molar-refractivity contribution in [2.24, 2.45) is 0 Å². The Morgan fingerprint density at radius 1 is 1.00 bits per heavy atom. The molecule has 0 saturated heterocycles. The van der Waals surface area contributed by atoms with Crippen LogP contribution in [0.1, 0.15) is 29.3 Å². The van der Waals surface area contributed by atoms with Crippen LogP contribution in [0.15, 0.2) is 54.6 Å². The Balaban J connectivity index is 0.00000168. The first-order chi connectivity index (χ1) is 12.2. The van der Waals surface area contributed by atoms with Crippen molar-refractivity contribution < 1.29 is 0 Å². The molecule has 2 aliphatic heterocycles. The Kier molecular flexibility index (Phi) is 4.42. The molecule has 5 rings (SSSR count). The second kappa shape index (κ2) is 6.61. The van der Waals surface area contributed by atoms with Crippen LogP contribution in [0.25, 0.3) is 16.6 Å². The highest BCUT2D eigenvalue weighted by Gasteiger charge is 2.27. The summed E-state index contributed by atoms with van der Waals surface area (Å²) in [7, 11) is 0. The summed E-state index contributed by atoms with van der Waals surface area (Å²) in [5.74, 6) is 0. The van der Waals surface area contributed by atoms with Gasteiger partial charge < -0.3 is 4.57 Å². The van der Waals surface area contributed by atoms with Gasteiger partial charge in [-0.2, -0.15) is 0 Å². The summed E-state index contributed by atoms with van der Waals surface area (Å²) in [6.45, 7) is 9.40. The highest BCUT2D eigenvalue weighted by atomic mass is 35.5. The highest BCUT2D eigenvalue weighted by molar-refractivity contribution is 5.91. The van der Waals surface area contributed by atoms with E-state index in [2.05, 4.69) is 65.4 Å². The maximum absolute atomic E-state index is 4.11. The number of para-hydroxylation sites is 2. The quantitative estimate of drug-likeness (QED) is 0.575. The van der Waals surface area contributed by atoms with Gasteiger partial charge in [-0.1, -0.05) is 48.6 Å².